The summed E-state index contributed by atoms with van der Waals surface area (Å²) in [5, 5.41) is 12.2. The van der Waals surface area contributed by atoms with Crippen molar-refractivity contribution in [2.75, 3.05) is 21.3 Å². The van der Waals surface area contributed by atoms with Gasteiger partial charge in [-0.3, -0.25) is 10.1 Å². The van der Waals surface area contributed by atoms with Crippen molar-refractivity contribution < 1.29 is 19.1 Å². The van der Waals surface area contributed by atoms with Gasteiger partial charge in [0.2, 0.25) is 10.9 Å². The molecule has 4 rings (SSSR count). The van der Waals surface area contributed by atoms with Gasteiger partial charge in [-0.05, 0) is 42.0 Å². The van der Waals surface area contributed by atoms with Gasteiger partial charge >= 0.3 is 0 Å². The second-order valence-electron chi connectivity index (χ2n) is 7.20. The van der Waals surface area contributed by atoms with Crippen molar-refractivity contribution in [3.05, 3.63) is 81.4 Å². The Labute approximate surface area is 210 Å². The molecule has 178 valence electrons. The summed E-state index contributed by atoms with van der Waals surface area (Å²) in [5.41, 5.74) is 3.12. The fourth-order valence-electron chi connectivity index (χ4n) is 3.40. The quantitative estimate of drug-likeness (QED) is 0.147. The summed E-state index contributed by atoms with van der Waals surface area (Å²) in [4.78, 5) is 20.8. The molecule has 0 aliphatic carbocycles. The van der Waals surface area contributed by atoms with E-state index in [1.807, 2.05) is 12.1 Å². The van der Waals surface area contributed by atoms with E-state index in [1.54, 1.807) is 63.9 Å². The summed E-state index contributed by atoms with van der Waals surface area (Å²) in [5.74, 6) is 1.52. The van der Waals surface area contributed by atoms with Gasteiger partial charge < -0.3 is 14.2 Å². The number of hydrogen-bond acceptors (Lipinski definition) is 8. The minimum Gasteiger partial charge on any atom is -0.493 e. The Morgan fingerprint density at radius 1 is 0.943 bits per heavy atom. The number of nitro benzene ring substituents is 1. The van der Waals surface area contributed by atoms with Gasteiger partial charge in [0.05, 0.1) is 36.8 Å². The van der Waals surface area contributed by atoms with E-state index in [-0.39, 0.29) is 5.69 Å². The summed E-state index contributed by atoms with van der Waals surface area (Å²) in [7, 11) is 4.64. The van der Waals surface area contributed by atoms with Crippen LogP contribution in [0.1, 0.15) is 5.56 Å². The van der Waals surface area contributed by atoms with Gasteiger partial charge in [0.1, 0.15) is 0 Å². The minimum absolute atomic E-state index is 0.0203. The molecular weight excluding hydrogens is 490 g/mol. The minimum atomic E-state index is -0.427. The SMILES string of the molecule is COc1cc(C=Nc2nc(-c3ccc(Cl)cc3)c(-c3ccc([N+](=O)[O-])cc3)s2)cc(OC)c1OC. The number of rotatable bonds is 8. The van der Waals surface area contributed by atoms with Crippen LogP contribution >= 0.6 is 22.9 Å². The largest absolute Gasteiger partial charge is 0.493 e. The van der Waals surface area contributed by atoms with Crippen LogP contribution in [-0.4, -0.2) is 37.5 Å². The van der Waals surface area contributed by atoms with Crippen LogP contribution in [-0.2, 0) is 0 Å². The van der Waals surface area contributed by atoms with E-state index in [0.29, 0.717) is 33.1 Å². The Kier molecular flexibility index (Phi) is 7.28. The van der Waals surface area contributed by atoms with Crippen molar-refractivity contribution in [2.45, 2.75) is 0 Å². The lowest BCUT2D eigenvalue weighted by molar-refractivity contribution is -0.384. The smallest absolute Gasteiger partial charge is 0.269 e. The van der Waals surface area contributed by atoms with E-state index in [1.165, 1.54) is 23.5 Å². The van der Waals surface area contributed by atoms with E-state index in [2.05, 4.69) is 4.99 Å². The molecule has 4 aromatic rings. The third kappa shape index (κ3) is 5.26. The highest BCUT2D eigenvalue weighted by Crippen LogP contribution is 2.41. The predicted molar refractivity (Wildman–Crippen MR) is 138 cm³/mol. The summed E-state index contributed by atoms with van der Waals surface area (Å²) < 4.78 is 16.2. The normalized spacial score (nSPS) is 11.0. The van der Waals surface area contributed by atoms with Crippen LogP contribution in [0.2, 0.25) is 5.02 Å². The molecule has 10 heteroatoms. The van der Waals surface area contributed by atoms with Crippen LogP contribution in [0.3, 0.4) is 0 Å². The van der Waals surface area contributed by atoms with Crippen LogP contribution < -0.4 is 14.2 Å². The number of aromatic nitrogens is 1. The summed E-state index contributed by atoms with van der Waals surface area (Å²) in [6.07, 6.45) is 1.66. The maximum absolute atomic E-state index is 11.1. The van der Waals surface area contributed by atoms with Gasteiger partial charge in [-0.15, -0.1) is 0 Å². The molecule has 8 nitrogen and oxygen atoms in total. The van der Waals surface area contributed by atoms with Crippen LogP contribution in [0, 0.1) is 10.1 Å². The van der Waals surface area contributed by atoms with Crippen molar-refractivity contribution >= 4 is 40.0 Å². The molecule has 0 N–H and O–H groups in total. The van der Waals surface area contributed by atoms with Crippen molar-refractivity contribution in [3.8, 4) is 38.9 Å². The Bertz CT molecular complexity index is 1360. The maximum Gasteiger partial charge on any atom is 0.269 e. The van der Waals surface area contributed by atoms with E-state index < -0.39 is 4.92 Å². The van der Waals surface area contributed by atoms with Crippen molar-refractivity contribution in [1.82, 2.24) is 4.98 Å². The second kappa shape index (κ2) is 10.5. The average molecular weight is 510 g/mol. The number of nitrogens with zero attached hydrogens (tertiary/aromatic N) is 3. The summed E-state index contributed by atoms with van der Waals surface area (Å²) in [6.45, 7) is 0. The molecule has 0 saturated carbocycles. The molecule has 0 aliphatic rings. The highest BCUT2D eigenvalue weighted by atomic mass is 35.5. The molecule has 3 aromatic carbocycles. The zero-order valence-electron chi connectivity index (χ0n) is 19.0. The zero-order valence-corrected chi connectivity index (χ0v) is 20.6. The van der Waals surface area contributed by atoms with Crippen LogP contribution in [0.15, 0.2) is 65.7 Å². The van der Waals surface area contributed by atoms with Gasteiger partial charge in [0, 0.05) is 34.5 Å². The number of methoxy groups -OCH3 is 3. The number of benzene rings is 3. The molecule has 0 fully saturated rings. The Balaban J connectivity index is 1.76. The molecule has 0 bridgehead atoms. The van der Waals surface area contributed by atoms with E-state index in [9.17, 15) is 10.1 Å². The summed E-state index contributed by atoms with van der Waals surface area (Å²) >= 11 is 7.44. The van der Waals surface area contributed by atoms with Crippen LogP contribution in [0.25, 0.3) is 21.7 Å². The molecule has 0 saturated heterocycles. The molecular formula is C25H20ClN3O5S. The number of ether oxygens (including phenoxy) is 3. The Morgan fingerprint density at radius 3 is 2.09 bits per heavy atom. The van der Waals surface area contributed by atoms with Gasteiger partial charge in [0.25, 0.3) is 5.69 Å². The molecule has 0 atom stereocenters. The molecule has 1 heterocycles. The standard InChI is InChI=1S/C25H20ClN3O5S/c1-32-20-12-15(13-21(33-2)23(20)34-3)14-27-25-28-22(16-4-8-18(26)9-5-16)24(35-25)17-6-10-19(11-7-17)29(30)31/h4-14H,1-3H3. The third-order valence-corrected chi connectivity index (χ3v) is 6.35. The van der Waals surface area contributed by atoms with Crippen molar-refractivity contribution in [3.63, 3.8) is 0 Å². The lowest BCUT2D eigenvalue weighted by Gasteiger charge is -2.12. The fraction of sp³-hybridized carbons (Fsp3) is 0.120. The van der Waals surface area contributed by atoms with E-state index >= 15 is 0 Å². The zero-order chi connectivity index (χ0) is 24.9. The highest BCUT2D eigenvalue weighted by molar-refractivity contribution is 7.19. The fourth-order valence-corrected chi connectivity index (χ4v) is 4.47. The average Bonchev–Trinajstić information content (AvgIpc) is 3.31. The first kappa shape index (κ1) is 24.2. The lowest BCUT2D eigenvalue weighted by atomic mass is 10.1. The Morgan fingerprint density at radius 2 is 1.54 bits per heavy atom. The molecule has 0 radical (unpaired) electrons. The van der Waals surface area contributed by atoms with Crippen molar-refractivity contribution in [2.24, 2.45) is 4.99 Å². The molecule has 0 amide bonds. The monoisotopic (exact) mass is 509 g/mol. The number of nitro groups is 1. The van der Waals surface area contributed by atoms with Crippen LogP contribution in [0.4, 0.5) is 10.8 Å². The Hall–Kier alpha value is -3.95. The topological polar surface area (TPSA) is 96.1 Å². The highest BCUT2D eigenvalue weighted by Gasteiger charge is 2.17. The molecule has 1 aromatic heterocycles. The van der Waals surface area contributed by atoms with Crippen LogP contribution in [0.5, 0.6) is 17.2 Å². The maximum atomic E-state index is 11.1. The van der Waals surface area contributed by atoms with Gasteiger partial charge in [-0.1, -0.05) is 35.1 Å². The number of thiazole rings is 1. The number of hydrogen-bond donors (Lipinski definition) is 0. The second-order valence-corrected chi connectivity index (χ2v) is 8.62. The molecule has 35 heavy (non-hydrogen) atoms. The first-order valence-corrected chi connectivity index (χ1v) is 11.5. The molecule has 0 aliphatic heterocycles. The molecule has 0 unspecified atom stereocenters. The number of halogens is 1. The van der Waals surface area contributed by atoms with Crippen molar-refractivity contribution in [1.29, 1.82) is 0 Å². The van der Waals surface area contributed by atoms with Gasteiger partial charge in [-0.2, -0.15) is 0 Å². The lowest BCUT2D eigenvalue weighted by Crippen LogP contribution is -1.96. The first-order chi connectivity index (χ1) is 16.9. The van der Waals surface area contributed by atoms with E-state index in [4.69, 9.17) is 30.8 Å². The van der Waals surface area contributed by atoms with E-state index in [0.717, 1.165) is 21.6 Å². The number of non-ortho nitro benzene ring substituents is 1. The predicted octanol–water partition coefficient (Wildman–Crippen LogP) is 6.82. The molecule has 0 spiro atoms. The van der Waals surface area contributed by atoms with Gasteiger partial charge in [-0.25, -0.2) is 9.98 Å². The first-order valence-electron chi connectivity index (χ1n) is 10.3. The third-order valence-electron chi connectivity index (χ3n) is 5.08. The summed E-state index contributed by atoms with van der Waals surface area (Å²) in [6, 6.07) is 17.3. The van der Waals surface area contributed by atoms with Gasteiger partial charge in [0.15, 0.2) is 11.5 Å². The number of aliphatic imine (C=N–C) groups is 1.